The summed E-state index contributed by atoms with van der Waals surface area (Å²) < 4.78 is 28.8. The van der Waals surface area contributed by atoms with Gasteiger partial charge >= 0.3 is 0 Å². The van der Waals surface area contributed by atoms with Gasteiger partial charge in [0.1, 0.15) is 10.8 Å². The summed E-state index contributed by atoms with van der Waals surface area (Å²) in [5, 5.41) is 6.86. The molecule has 0 aliphatic heterocycles. The number of aryl methyl sites for hydroxylation is 1. The first kappa shape index (κ1) is 18.8. The number of fused-ring (bicyclic) bond motifs is 2. The molecule has 28 heavy (non-hydrogen) atoms. The zero-order valence-corrected chi connectivity index (χ0v) is 17.7. The van der Waals surface area contributed by atoms with E-state index in [2.05, 4.69) is 10.1 Å². The fourth-order valence-electron chi connectivity index (χ4n) is 3.22. The van der Waals surface area contributed by atoms with E-state index in [4.69, 9.17) is 0 Å². The molecule has 4 rings (SSSR count). The first-order chi connectivity index (χ1) is 13.3. The van der Waals surface area contributed by atoms with Gasteiger partial charge in [-0.1, -0.05) is 30.3 Å². The lowest BCUT2D eigenvalue weighted by Gasteiger charge is -2.14. The number of anilines is 1. The average Bonchev–Trinajstić information content (AvgIpc) is 3.05. The van der Waals surface area contributed by atoms with Gasteiger partial charge in [0.15, 0.2) is 10.5 Å². The van der Waals surface area contributed by atoms with E-state index in [0.717, 1.165) is 22.3 Å². The first-order valence-corrected chi connectivity index (χ1v) is 11.4. The van der Waals surface area contributed by atoms with E-state index in [1.807, 2.05) is 68.6 Å². The summed E-state index contributed by atoms with van der Waals surface area (Å²) in [6, 6.07) is 14.8. The van der Waals surface area contributed by atoms with Crippen LogP contribution in [-0.4, -0.2) is 43.4 Å². The molecule has 4 aromatic rings. The molecule has 0 aliphatic carbocycles. The van der Waals surface area contributed by atoms with Crippen molar-refractivity contribution < 1.29 is 8.42 Å². The molecule has 0 bridgehead atoms. The van der Waals surface area contributed by atoms with Crippen molar-refractivity contribution in [2.45, 2.75) is 21.7 Å². The third-order valence-corrected chi connectivity index (χ3v) is 7.17. The highest BCUT2D eigenvalue weighted by molar-refractivity contribution is 7.99. The molecule has 0 amide bonds. The smallest absolute Gasteiger partial charge is 0.213 e. The van der Waals surface area contributed by atoms with Gasteiger partial charge in [0.05, 0.1) is 4.90 Å². The molecule has 0 unspecified atom stereocenters. The summed E-state index contributed by atoms with van der Waals surface area (Å²) in [4.78, 5) is 6.81. The maximum atomic E-state index is 13.6. The standard InChI is InChI=1S/C20H20N4O2S2/c1-13-11-17(23(2)3)24-19(21-13)18(20(22-24)27-4)28(25,26)16-10-9-14-7-5-6-8-15(14)12-16/h5-12H,1-4H3. The minimum atomic E-state index is -3.80. The van der Waals surface area contributed by atoms with Gasteiger partial charge in [-0.05, 0) is 36.1 Å². The molecule has 0 spiro atoms. The van der Waals surface area contributed by atoms with Gasteiger partial charge in [-0.3, -0.25) is 0 Å². The van der Waals surface area contributed by atoms with E-state index in [1.165, 1.54) is 11.8 Å². The van der Waals surface area contributed by atoms with Crippen molar-refractivity contribution in [3.05, 3.63) is 54.2 Å². The lowest BCUT2D eigenvalue weighted by atomic mass is 10.1. The molecule has 0 saturated heterocycles. The Morgan fingerprint density at radius 2 is 1.75 bits per heavy atom. The second kappa shape index (κ2) is 6.79. The summed E-state index contributed by atoms with van der Waals surface area (Å²) in [6.45, 7) is 1.85. The fourth-order valence-corrected chi connectivity index (χ4v) is 5.65. The lowest BCUT2D eigenvalue weighted by molar-refractivity contribution is 0.595. The Balaban J connectivity index is 2.03. The highest BCUT2D eigenvalue weighted by Gasteiger charge is 2.29. The minimum absolute atomic E-state index is 0.155. The fraction of sp³-hybridized carbons (Fsp3) is 0.200. The minimum Gasteiger partial charge on any atom is -0.363 e. The summed E-state index contributed by atoms with van der Waals surface area (Å²) in [5.41, 5.74) is 1.08. The molecule has 2 aromatic carbocycles. The normalized spacial score (nSPS) is 12.0. The van der Waals surface area contributed by atoms with Crippen molar-refractivity contribution in [3.8, 4) is 0 Å². The maximum absolute atomic E-state index is 13.6. The van der Waals surface area contributed by atoms with Gasteiger partial charge in [0.25, 0.3) is 0 Å². The van der Waals surface area contributed by atoms with Gasteiger partial charge < -0.3 is 4.90 Å². The third-order valence-electron chi connectivity index (χ3n) is 4.58. The van der Waals surface area contributed by atoms with Crippen LogP contribution in [0.25, 0.3) is 16.4 Å². The molecule has 0 atom stereocenters. The highest BCUT2D eigenvalue weighted by Crippen LogP contribution is 2.34. The van der Waals surface area contributed by atoms with E-state index in [-0.39, 0.29) is 9.79 Å². The molecule has 8 heteroatoms. The van der Waals surface area contributed by atoms with Gasteiger partial charge in [-0.25, -0.2) is 13.4 Å². The lowest BCUT2D eigenvalue weighted by Crippen LogP contribution is -2.15. The number of thioether (sulfide) groups is 1. The predicted molar refractivity (Wildman–Crippen MR) is 113 cm³/mol. The molecule has 0 aliphatic rings. The van der Waals surface area contributed by atoms with E-state index < -0.39 is 9.84 Å². The summed E-state index contributed by atoms with van der Waals surface area (Å²) in [5.74, 6) is 0.776. The number of nitrogens with zero attached hydrogens (tertiary/aromatic N) is 4. The molecule has 144 valence electrons. The van der Waals surface area contributed by atoms with Crippen molar-refractivity contribution in [1.82, 2.24) is 14.6 Å². The van der Waals surface area contributed by atoms with E-state index in [9.17, 15) is 8.42 Å². The van der Waals surface area contributed by atoms with E-state index >= 15 is 0 Å². The molecule has 0 radical (unpaired) electrons. The molecule has 2 heterocycles. The van der Waals surface area contributed by atoms with Crippen LogP contribution in [0.3, 0.4) is 0 Å². The summed E-state index contributed by atoms with van der Waals surface area (Å²) in [6.07, 6.45) is 1.82. The third kappa shape index (κ3) is 2.93. The molecule has 0 saturated carbocycles. The molecule has 0 fully saturated rings. The van der Waals surface area contributed by atoms with Gasteiger partial charge in [0, 0.05) is 25.9 Å². The Morgan fingerprint density at radius 3 is 2.43 bits per heavy atom. The van der Waals surface area contributed by atoms with Crippen LogP contribution >= 0.6 is 11.8 Å². The van der Waals surface area contributed by atoms with Crippen LogP contribution in [0.5, 0.6) is 0 Å². The van der Waals surface area contributed by atoms with E-state index in [1.54, 1.807) is 16.6 Å². The van der Waals surface area contributed by atoms with Crippen LogP contribution in [0.15, 0.2) is 63.3 Å². The predicted octanol–water partition coefficient (Wildman–Crippen LogP) is 3.81. The SMILES string of the molecule is CSc1nn2c(N(C)C)cc(C)nc2c1S(=O)(=O)c1ccc2ccccc2c1. The van der Waals surface area contributed by atoms with E-state index in [0.29, 0.717) is 10.7 Å². The number of sulfone groups is 1. The van der Waals surface area contributed by atoms with Crippen molar-refractivity contribution in [1.29, 1.82) is 0 Å². The number of aromatic nitrogens is 3. The Bertz CT molecular complexity index is 1310. The van der Waals surface area contributed by atoms with Crippen molar-refractivity contribution in [2.75, 3.05) is 25.3 Å². The van der Waals surface area contributed by atoms with Crippen LogP contribution in [-0.2, 0) is 9.84 Å². The topological polar surface area (TPSA) is 67.6 Å². The first-order valence-electron chi connectivity index (χ1n) is 8.68. The largest absolute Gasteiger partial charge is 0.363 e. The van der Waals surface area contributed by atoms with Crippen LogP contribution in [0.4, 0.5) is 5.82 Å². The van der Waals surface area contributed by atoms with Gasteiger partial charge in [0.2, 0.25) is 9.84 Å². The van der Waals surface area contributed by atoms with Crippen molar-refractivity contribution in [3.63, 3.8) is 0 Å². The Kier molecular flexibility index (Phi) is 4.55. The number of hydrogen-bond acceptors (Lipinski definition) is 6. The Labute approximate surface area is 168 Å². The van der Waals surface area contributed by atoms with Gasteiger partial charge in [-0.15, -0.1) is 11.8 Å². The van der Waals surface area contributed by atoms with Crippen LogP contribution < -0.4 is 4.90 Å². The highest BCUT2D eigenvalue weighted by atomic mass is 32.2. The van der Waals surface area contributed by atoms with Crippen molar-refractivity contribution >= 4 is 43.8 Å². The van der Waals surface area contributed by atoms with Gasteiger partial charge in [-0.2, -0.15) is 9.61 Å². The Morgan fingerprint density at radius 1 is 1.04 bits per heavy atom. The number of benzene rings is 2. The monoisotopic (exact) mass is 412 g/mol. The zero-order valence-electron chi connectivity index (χ0n) is 16.0. The van der Waals surface area contributed by atoms with Crippen molar-refractivity contribution in [2.24, 2.45) is 0 Å². The molecule has 6 nitrogen and oxygen atoms in total. The number of rotatable bonds is 4. The van der Waals surface area contributed by atoms with Crippen LogP contribution in [0.1, 0.15) is 5.69 Å². The second-order valence-corrected chi connectivity index (χ2v) is 9.42. The molecular formula is C20H20N4O2S2. The quantitative estimate of drug-likeness (QED) is 0.475. The van der Waals surface area contributed by atoms with Crippen LogP contribution in [0.2, 0.25) is 0 Å². The van der Waals surface area contributed by atoms with Crippen LogP contribution in [0, 0.1) is 6.92 Å². The average molecular weight is 413 g/mol. The number of hydrogen-bond donors (Lipinski definition) is 0. The molecule has 0 N–H and O–H groups in total. The molecular weight excluding hydrogens is 392 g/mol. The molecule has 2 aromatic heterocycles. The zero-order chi connectivity index (χ0) is 20.1. The summed E-state index contributed by atoms with van der Waals surface area (Å²) >= 11 is 1.30. The Hall–Kier alpha value is -2.58. The second-order valence-electron chi connectivity index (χ2n) is 6.74. The summed E-state index contributed by atoms with van der Waals surface area (Å²) in [7, 11) is -0.0109. The maximum Gasteiger partial charge on any atom is 0.213 e.